The minimum atomic E-state index is 0.679. The molecule has 1 aliphatic heterocycles. The van der Waals surface area contributed by atoms with Crippen LogP contribution in [0.4, 0.5) is 0 Å². The molecule has 0 unspecified atom stereocenters. The van der Waals surface area contributed by atoms with Gasteiger partial charge in [0.2, 0.25) is 0 Å². The van der Waals surface area contributed by atoms with E-state index in [1.807, 2.05) is 6.07 Å². The van der Waals surface area contributed by atoms with Gasteiger partial charge in [0.1, 0.15) is 10.7 Å². The summed E-state index contributed by atoms with van der Waals surface area (Å²) < 4.78 is 0. The Kier molecular flexibility index (Phi) is 2.76. The molecule has 0 bridgehead atoms. The van der Waals surface area contributed by atoms with E-state index in [9.17, 15) is 0 Å². The van der Waals surface area contributed by atoms with Crippen molar-refractivity contribution < 1.29 is 0 Å². The van der Waals surface area contributed by atoms with Gasteiger partial charge < -0.3 is 5.32 Å². The Morgan fingerprint density at radius 2 is 2.41 bits per heavy atom. The first-order valence-corrected chi connectivity index (χ1v) is 6.84. The van der Waals surface area contributed by atoms with Gasteiger partial charge in [-0.15, -0.1) is 11.3 Å². The highest BCUT2D eigenvalue weighted by atomic mass is 35.5. The summed E-state index contributed by atoms with van der Waals surface area (Å²) in [6.45, 7) is 3.93. The van der Waals surface area contributed by atoms with E-state index in [4.69, 9.17) is 11.6 Å². The summed E-state index contributed by atoms with van der Waals surface area (Å²) in [7, 11) is 0. The highest BCUT2D eigenvalue weighted by molar-refractivity contribution is 7.19. The number of aromatic nitrogens is 1. The zero-order valence-electron chi connectivity index (χ0n) is 9.46. The molecule has 2 aromatic heterocycles. The van der Waals surface area contributed by atoms with Crippen molar-refractivity contribution in [2.24, 2.45) is 4.99 Å². The van der Waals surface area contributed by atoms with Crippen LogP contribution in [-0.2, 0) is 6.42 Å². The van der Waals surface area contributed by atoms with Crippen LogP contribution in [0.5, 0.6) is 0 Å². The maximum absolute atomic E-state index is 6.03. The molecule has 1 aliphatic rings. The number of nitrogens with zero attached hydrogens (tertiary/aromatic N) is 2. The lowest BCUT2D eigenvalue weighted by atomic mass is 10.1. The second-order valence-electron chi connectivity index (χ2n) is 3.92. The number of aryl methyl sites for hydroxylation is 1. The number of hydrogen-bond donors (Lipinski definition) is 1. The monoisotopic (exact) mass is 265 g/mol. The number of pyridine rings is 1. The Morgan fingerprint density at radius 3 is 3.12 bits per heavy atom. The summed E-state index contributed by atoms with van der Waals surface area (Å²) in [4.78, 5) is 11.3. The molecule has 3 nitrogen and oxygen atoms in total. The van der Waals surface area contributed by atoms with E-state index in [1.54, 1.807) is 17.5 Å². The fraction of sp³-hybridized carbons (Fsp3) is 0.333. The van der Waals surface area contributed by atoms with Gasteiger partial charge in [0.25, 0.3) is 0 Å². The maximum atomic E-state index is 6.03. The third kappa shape index (κ3) is 1.81. The summed E-state index contributed by atoms with van der Waals surface area (Å²) in [6.07, 6.45) is 2.70. The van der Waals surface area contributed by atoms with Crippen LogP contribution in [0.25, 0.3) is 10.2 Å². The van der Waals surface area contributed by atoms with Crippen molar-refractivity contribution in [2.75, 3.05) is 13.1 Å². The first-order valence-electron chi connectivity index (χ1n) is 5.65. The normalized spacial score (nSPS) is 15.1. The van der Waals surface area contributed by atoms with Crippen LogP contribution in [0.15, 0.2) is 17.3 Å². The van der Waals surface area contributed by atoms with Gasteiger partial charge in [0.05, 0.1) is 11.6 Å². The molecule has 3 rings (SSSR count). The van der Waals surface area contributed by atoms with Crippen LogP contribution in [0.2, 0.25) is 5.02 Å². The summed E-state index contributed by atoms with van der Waals surface area (Å²) >= 11 is 7.76. The van der Waals surface area contributed by atoms with Gasteiger partial charge in [0, 0.05) is 28.6 Å². The van der Waals surface area contributed by atoms with Gasteiger partial charge in [0.15, 0.2) is 0 Å². The van der Waals surface area contributed by atoms with Crippen molar-refractivity contribution in [3.8, 4) is 0 Å². The number of hydrogen-bond acceptors (Lipinski definition) is 4. The molecule has 0 spiro atoms. The van der Waals surface area contributed by atoms with Crippen LogP contribution in [0.3, 0.4) is 0 Å². The molecule has 88 valence electrons. The molecule has 0 aromatic carbocycles. The van der Waals surface area contributed by atoms with E-state index < -0.39 is 0 Å². The Bertz CT molecular complexity index is 603. The van der Waals surface area contributed by atoms with Crippen LogP contribution >= 0.6 is 22.9 Å². The second kappa shape index (κ2) is 4.27. The molecule has 0 atom stereocenters. The minimum Gasteiger partial charge on any atom is -0.368 e. The van der Waals surface area contributed by atoms with Crippen LogP contribution in [0, 0.1) is 0 Å². The molecule has 0 amide bonds. The molecule has 0 fully saturated rings. The zero-order valence-corrected chi connectivity index (χ0v) is 11.0. The smallest absolute Gasteiger partial charge is 0.130 e. The molecule has 0 saturated heterocycles. The minimum absolute atomic E-state index is 0.679. The highest BCUT2D eigenvalue weighted by Gasteiger charge is 2.19. The molecular formula is C12H12ClN3S. The second-order valence-corrected chi connectivity index (χ2v) is 5.44. The van der Waals surface area contributed by atoms with E-state index in [-0.39, 0.29) is 0 Å². The standard InChI is InChI=1S/C12H12ClN3S/c1-2-9-10(11-14-3-4-15-11)8-5-7(13)6-16-12(8)17-9/h5-6H,2-4H2,1H3,(H,14,15). The number of nitrogens with one attached hydrogen (secondary N) is 1. The lowest BCUT2D eigenvalue weighted by Crippen LogP contribution is -2.20. The SMILES string of the molecule is CCc1sc2ncc(Cl)cc2c1C1=NCCN1. The molecule has 1 N–H and O–H groups in total. The summed E-state index contributed by atoms with van der Waals surface area (Å²) in [5.41, 5.74) is 1.19. The molecule has 0 saturated carbocycles. The van der Waals surface area contributed by atoms with E-state index >= 15 is 0 Å². The number of fused-ring (bicyclic) bond motifs is 1. The third-order valence-corrected chi connectivity index (χ3v) is 4.28. The fourth-order valence-corrected chi connectivity index (χ4v) is 3.30. The number of rotatable bonds is 2. The van der Waals surface area contributed by atoms with Gasteiger partial charge in [-0.05, 0) is 12.5 Å². The average molecular weight is 266 g/mol. The van der Waals surface area contributed by atoms with Gasteiger partial charge in [-0.2, -0.15) is 0 Å². The number of aliphatic imine (C=N–C) groups is 1. The van der Waals surface area contributed by atoms with Gasteiger partial charge in [-0.3, -0.25) is 4.99 Å². The van der Waals surface area contributed by atoms with Gasteiger partial charge in [-0.1, -0.05) is 18.5 Å². The predicted octanol–water partition coefficient (Wildman–Crippen LogP) is 2.86. The Labute approximate surface area is 109 Å². The van der Waals surface area contributed by atoms with Crippen LogP contribution in [0.1, 0.15) is 17.4 Å². The van der Waals surface area contributed by atoms with Crippen LogP contribution < -0.4 is 5.32 Å². The predicted molar refractivity (Wildman–Crippen MR) is 73.4 cm³/mol. The van der Waals surface area contributed by atoms with Crippen LogP contribution in [-0.4, -0.2) is 23.9 Å². The summed E-state index contributed by atoms with van der Waals surface area (Å²) in [5, 5.41) is 5.13. The first kappa shape index (κ1) is 11.0. The third-order valence-electron chi connectivity index (χ3n) is 2.82. The van der Waals surface area contributed by atoms with Crippen molar-refractivity contribution in [3.63, 3.8) is 0 Å². The topological polar surface area (TPSA) is 37.3 Å². The molecule has 5 heteroatoms. The van der Waals surface area contributed by atoms with E-state index in [2.05, 4.69) is 22.2 Å². The van der Waals surface area contributed by atoms with Crippen molar-refractivity contribution in [2.45, 2.75) is 13.3 Å². The van der Waals surface area contributed by atoms with Crippen molar-refractivity contribution in [1.29, 1.82) is 0 Å². The number of halogens is 1. The van der Waals surface area contributed by atoms with Crippen molar-refractivity contribution in [1.82, 2.24) is 10.3 Å². The summed E-state index contributed by atoms with van der Waals surface area (Å²) in [6, 6.07) is 1.98. The fourth-order valence-electron chi connectivity index (χ4n) is 2.08. The zero-order chi connectivity index (χ0) is 11.8. The van der Waals surface area contributed by atoms with E-state index in [1.165, 1.54) is 10.4 Å². The van der Waals surface area contributed by atoms with E-state index in [0.717, 1.165) is 35.6 Å². The molecule has 0 radical (unpaired) electrons. The lowest BCUT2D eigenvalue weighted by Gasteiger charge is -2.03. The first-order chi connectivity index (χ1) is 8.29. The average Bonchev–Trinajstić information content (AvgIpc) is 2.93. The molecule has 17 heavy (non-hydrogen) atoms. The Morgan fingerprint density at radius 1 is 1.53 bits per heavy atom. The van der Waals surface area contributed by atoms with Gasteiger partial charge >= 0.3 is 0 Å². The lowest BCUT2D eigenvalue weighted by molar-refractivity contribution is 0.960. The summed E-state index contributed by atoms with van der Waals surface area (Å²) in [5.74, 6) is 0.997. The molecular weight excluding hydrogens is 254 g/mol. The number of thiophene rings is 1. The quantitative estimate of drug-likeness (QED) is 0.907. The number of amidine groups is 1. The van der Waals surface area contributed by atoms with Crippen molar-refractivity contribution in [3.05, 3.63) is 27.7 Å². The maximum Gasteiger partial charge on any atom is 0.130 e. The Balaban J connectivity index is 2.28. The van der Waals surface area contributed by atoms with Gasteiger partial charge in [-0.25, -0.2) is 4.98 Å². The Hall–Kier alpha value is -1.13. The molecule has 2 aromatic rings. The largest absolute Gasteiger partial charge is 0.368 e. The van der Waals surface area contributed by atoms with Crippen molar-refractivity contribution >= 4 is 39.0 Å². The molecule has 0 aliphatic carbocycles. The molecule has 3 heterocycles. The highest BCUT2D eigenvalue weighted by Crippen LogP contribution is 2.32. The van der Waals surface area contributed by atoms with E-state index in [0.29, 0.717) is 5.02 Å².